The van der Waals surface area contributed by atoms with Crippen LogP contribution in [-0.4, -0.2) is 29.3 Å². The van der Waals surface area contributed by atoms with Crippen LogP contribution in [0.1, 0.15) is 43.4 Å². The Hall–Kier alpha value is -2.18. The first-order valence-corrected chi connectivity index (χ1v) is 9.55. The Morgan fingerprint density at radius 3 is 2.57 bits per heavy atom. The number of rotatable bonds is 6. The van der Waals surface area contributed by atoms with Crippen molar-refractivity contribution in [3.05, 3.63) is 70.2 Å². The molecule has 1 heterocycles. The number of hydrogen-bond acceptors (Lipinski definition) is 3. The van der Waals surface area contributed by atoms with Crippen LogP contribution in [0, 0.1) is 11.6 Å². The van der Waals surface area contributed by atoms with Crippen molar-refractivity contribution >= 4 is 17.7 Å². The first-order valence-electron chi connectivity index (χ1n) is 9.18. The number of halogens is 3. The highest BCUT2D eigenvalue weighted by Crippen LogP contribution is 2.40. The molecule has 4 nitrogen and oxygen atoms in total. The second-order valence-corrected chi connectivity index (χ2v) is 7.40. The highest BCUT2D eigenvalue weighted by atomic mass is 35.5. The van der Waals surface area contributed by atoms with E-state index in [9.17, 15) is 18.7 Å². The maximum atomic E-state index is 13.8. The van der Waals surface area contributed by atoms with Crippen LogP contribution in [0.5, 0.6) is 0 Å². The molecule has 28 heavy (non-hydrogen) atoms. The molecular weight excluding hydrogens is 388 g/mol. The Morgan fingerprint density at radius 1 is 1.25 bits per heavy atom. The Morgan fingerprint density at radius 2 is 1.96 bits per heavy atom. The van der Waals surface area contributed by atoms with Gasteiger partial charge in [0.25, 0.3) is 0 Å². The topological polar surface area (TPSA) is 49.8 Å². The molecule has 2 atom stereocenters. The van der Waals surface area contributed by atoms with Crippen molar-refractivity contribution in [3.8, 4) is 0 Å². The van der Waals surface area contributed by atoms with Crippen LogP contribution in [0.15, 0.2) is 42.5 Å². The Kier molecular flexibility index (Phi) is 6.20. The normalized spacial score (nSPS) is 20.8. The number of carbonyl (C=O) groups is 1. The van der Waals surface area contributed by atoms with Crippen molar-refractivity contribution in [1.29, 1.82) is 0 Å². The number of cyclic esters (lactones) is 1. The first kappa shape index (κ1) is 20.6. The third kappa shape index (κ3) is 4.13. The monoisotopic (exact) mass is 409 g/mol. The summed E-state index contributed by atoms with van der Waals surface area (Å²) >= 11 is 5.74. The smallest absolute Gasteiger partial charge is 0.411 e. The van der Waals surface area contributed by atoms with Gasteiger partial charge in [0.2, 0.25) is 0 Å². The van der Waals surface area contributed by atoms with Gasteiger partial charge in [-0.3, -0.25) is 0 Å². The molecule has 1 N–H and O–H groups in total. The van der Waals surface area contributed by atoms with Crippen LogP contribution in [0.25, 0.3) is 0 Å². The van der Waals surface area contributed by atoms with Crippen molar-refractivity contribution in [2.45, 2.75) is 37.8 Å². The van der Waals surface area contributed by atoms with E-state index in [1.807, 2.05) is 0 Å². The van der Waals surface area contributed by atoms with Gasteiger partial charge in [-0.25, -0.2) is 13.6 Å². The summed E-state index contributed by atoms with van der Waals surface area (Å²) < 4.78 is 33.0. The zero-order valence-electron chi connectivity index (χ0n) is 15.5. The molecular formula is C21H22ClF2NO3. The number of hydrogen-bond donors (Lipinski definition) is 1. The molecule has 1 saturated heterocycles. The van der Waals surface area contributed by atoms with Crippen LogP contribution in [0.4, 0.5) is 13.6 Å². The molecule has 1 fully saturated rings. The fraction of sp³-hybridized carbons (Fsp3) is 0.381. The maximum absolute atomic E-state index is 13.8. The molecule has 0 spiro atoms. The number of aliphatic hydroxyl groups is 1. The third-order valence-corrected chi connectivity index (χ3v) is 5.58. The van der Waals surface area contributed by atoms with Crippen molar-refractivity contribution in [3.63, 3.8) is 0 Å². The molecule has 3 rings (SSSR count). The van der Waals surface area contributed by atoms with Gasteiger partial charge in [-0.1, -0.05) is 29.8 Å². The molecule has 0 radical (unpaired) electrons. The molecule has 0 saturated carbocycles. The molecule has 1 amide bonds. The van der Waals surface area contributed by atoms with Gasteiger partial charge in [0.15, 0.2) is 0 Å². The summed E-state index contributed by atoms with van der Waals surface area (Å²) in [6, 6.07) is 9.92. The lowest BCUT2D eigenvalue weighted by atomic mass is 9.84. The maximum Gasteiger partial charge on any atom is 0.411 e. The zero-order valence-corrected chi connectivity index (χ0v) is 16.3. The first-order chi connectivity index (χ1) is 13.4. The average Bonchev–Trinajstić information content (AvgIpc) is 2.68. The standard InChI is InChI=1S/C21H22ClF2NO3/c1-14(15-3-8-18(22)19(24)13-15)25-11-10-21(9-2-12-26,28-20(25)27)16-4-6-17(23)7-5-16/h3-8,13-14,26H,2,9-12H2,1H3/t14-,21+/m0/s1. The molecule has 0 bridgehead atoms. The Bertz CT molecular complexity index is 846. The van der Waals surface area contributed by atoms with E-state index >= 15 is 0 Å². The largest absolute Gasteiger partial charge is 0.438 e. The van der Waals surface area contributed by atoms with Gasteiger partial charge in [0, 0.05) is 19.6 Å². The van der Waals surface area contributed by atoms with Gasteiger partial charge < -0.3 is 14.7 Å². The predicted octanol–water partition coefficient (Wildman–Crippen LogP) is 5.19. The van der Waals surface area contributed by atoms with Crippen molar-refractivity contribution < 1.29 is 23.4 Å². The molecule has 1 aliphatic heterocycles. The van der Waals surface area contributed by atoms with E-state index < -0.39 is 23.6 Å². The number of ether oxygens (including phenoxy) is 1. The van der Waals surface area contributed by atoms with Crippen molar-refractivity contribution in [1.82, 2.24) is 4.90 Å². The Balaban J connectivity index is 1.83. The van der Waals surface area contributed by atoms with Gasteiger partial charge >= 0.3 is 6.09 Å². The number of benzene rings is 2. The molecule has 2 aromatic rings. The second kappa shape index (κ2) is 8.45. The molecule has 1 aliphatic rings. The fourth-order valence-electron chi connectivity index (χ4n) is 3.61. The van der Waals surface area contributed by atoms with E-state index in [0.717, 1.165) is 0 Å². The van der Waals surface area contributed by atoms with Gasteiger partial charge in [-0.15, -0.1) is 0 Å². The molecule has 0 aliphatic carbocycles. The molecule has 7 heteroatoms. The molecule has 150 valence electrons. The highest BCUT2D eigenvalue weighted by Gasteiger charge is 2.43. The van der Waals surface area contributed by atoms with Gasteiger partial charge in [0.05, 0.1) is 11.1 Å². The quantitative estimate of drug-likeness (QED) is 0.714. The van der Waals surface area contributed by atoms with Gasteiger partial charge in [-0.2, -0.15) is 0 Å². The molecule has 0 unspecified atom stereocenters. The number of carbonyl (C=O) groups excluding carboxylic acids is 1. The lowest BCUT2D eigenvalue weighted by Gasteiger charge is -2.43. The fourth-order valence-corrected chi connectivity index (χ4v) is 3.73. The van der Waals surface area contributed by atoms with Crippen LogP contribution in [0.2, 0.25) is 5.02 Å². The summed E-state index contributed by atoms with van der Waals surface area (Å²) in [6.45, 7) is 2.14. The van der Waals surface area contributed by atoms with Crippen molar-refractivity contribution in [2.75, 3.05) is 13.2 Å². The summed E-state index contributed by atoms with van der Waals surface area (Å²) in [4.78, 5) is 14.4. The Labute approximate surface area is 167 Å². The van der Waals surface area contributed by atoms with Crippen LogP contribution in [-0.2, 0) is 10.3 Å². The SMILES string of the molecule is C[C@@H](c1ccc(Cl)c(F)c1)N1CC[C@](CCCO)(c2ccc(F)cc2)OC1=O. The van der Waals surface area contributed by atoms with E-state index in [0.29, 0.717) is 36.9 Å². The molecule has 2 aromatic carbocycles. The molecule has 0 aromatic heterocycles. The van der Waals surface area contributed by atoms with Crippen LogP contribution in [0.3, 0.4) is 0 Å². The van der Waals surface area contributed by atoms with E-state index in [1.165, 1.54) is 29.2 Å². The summed E-state index contributed by atoms with van der Waals surface area (Å²) in [6.07, 6.45) is 0.822. The number of nitrogens with zero attached hydrogens (tertiary/aromatic N) is 1. The van der Waals surface area contributed by atoms with E-state index in [1.54, 1.807) is 25.1 Å². The lowest BCUT2D eigenvalue weighted by molar-refractivity contribution is -0.0680. The predicted molar refractivity (Wildman–Crippen MR) is 102 cm³/mol. The average molecular weight is 410 g/mol. The highest BCUT2D eigenvalue weighted by molar-refractivity contribution is 6.30. The van der Waals surface area contributed by atoms with Crippen LogP contribution < -0.4 is 0 Å². The van der Waals surface area contributed by atoms with E-state index in [2.05, 4.69) is 0 Å². The minimum absolute atomic E-state index is 0.0245. The van der Waals surface area contributed by atoms with E-state index in [-0.39, 0.29) is 17.4 Å². The number of amides is 1. The summed E-state index contributed by atoms with van der Waals surface area (Å²) in [5.74, 6) is -0.914. The second-order valence-electron chi connectivity index (χ2n) is 6.99. The zero-order chi connectivity index (χ0) is 20.3. The minimum Gasteiger partial charge on any atom is -0.438 e. The van der Waals surface area contributed by atoms with Crippen molar-refractivity contribution in [2.24, 2.45) is 0 Å². The summed E-state index contributed by atoms with van der Waals surface area (Å²) in [7, 11) is 0. The minimum atomic E-state index is -0.922. The van der Waals surface area contributed by atoms with Crippen LogP contribution >= 0.6 is 11.6 Å². The van der Waals surface area contributed by atoms with Gasteiger partial charge in [0.1, 0.15) is 17.2 Å². The third-order valence-electron chi connectivity index (χ3n) is 5.28. The summed E-state index contributed by atoms with van der Waals surface area (Å²) in [5, 5.41) is 9.27. The van der Waals surface area contributed by atoms with E-state index in [4.69, 9.17) is 16.3 Å². The van der Waals surface area contributed by atoms with Gasteiger partial charge in [-0.05, 0) is 55.2 Å². The lowest BCUT2D eigenvalue weighted by Crippen LogP contribution is -2.48. The number of aliphatic hydroxyl groups excluding tert-OH is 1. The summed E-state index contributed by atoms with van der Waals surface area (Å²) in [5.41, 5.74) is 0.388.